The zero-order valence-corrected chi connectivity index (χ0v) is 14.5. The number of hydrogen-bond acceptors (Lipinski definition) is 5. The normalized spacial score (nSPS) is 20.7. The van der Waals surface area contributed by atoms with Crippen LogP contribution in [0, 0.1) is 5.92 Å². The fourth-order valence-electron chi connectivity index (χ4n) is 2.94. The molecule has 0 aliphatic carbocycles. The van der Waals surface area contributed by atoms with Gasteiger partial charge < -0.3 is 24.4 Å². The number of ether oxygens (including phenoxy) is 3. The van der Waals surface area contributed by atoms with Crippen LogP contribution >= 0.6 is 0 Å². The van der Waals surface area contributed by atoms with Crippen molar-refractivity contribution in [3.8, 4) is 11.5 Å². The molecule has 0 bridgehead atoms. The average molecular weight is 336 g/mol. The summed E-state index contributed by atoms with van der Waals surface area (Å²) in [7, 11) is 6.37. The Morgan fingerprint density at radius 2 is 2.04 bits per heavy atom. The van der Waals surface area contributed by atoms with Gasteiger partial charge in [-0.2, -0.15) is 0 Å². The molecule has 2 amide bonds. The van der Waals surface area contributed by atoms with Crippen LogP contribution in [0.1, 0.15) is 12.8 Å². The molecule has 1 aliphatic heterocycles. The number of likely N-dealkylation sites (N-methyl/N-ethyl adjacent to an activating group) is 1. The molecule has 1 saturated heterocycles. The van der Waals surface area contributed by atoms with Gasteiger partial charge in [-0.1, -0.05) is 0 Å². The van der Waals surface area contributed by atoms with Gasteiger partial charge in [0.2, 0.25) is 11.8 Å². The van der Waals surface area contributed by atoms with Gasteiger partial charge in [0.05, 0.1) is 38.5 Å². The summed E-state index contributed by atoms with van der Waals surface area (Å²) in [6.07, 6.45) is 0.847. The Kier molecular flexibility index (Phi) is 6.03. The Morgan fingerprint density at radius 3 is 2.67 bits per heavy atom. The standard InChI is InChI=1S/C17H24N2O5/c1-19-14(10-22-2)12(6-8-16(19)20)17(21)18-13-9-11(23-3)5-7-15(13)24-4/h5,7,9,12,14H,6,8,10H2,1-4H3,(H,18,21)/t12-,14-/m1/s1. The fourth-order valence-corrected chi connectivity index (χ4v) is 2.94. The molecule has 0 saturated carbocycles. The van der Waals surface area contributed by atoms with E-state index in [1.54, 1.807) is 44.4 Å². The highest BCUT2D eigenvalue weighted by Gasteiger charge is 2.38. The highest BCUT2D eigenvalue weighted by molar-refractivity contribution is 5.96. The van der Waals surface area contributed by atoms with E-state index in [1.165, 1.54) is 7.11 Å². The topological polar surface area (TPSA) is 77.1 Å². The quantitative estimate of drug-likeness (QED) is 0.852. The Bertz CT molecular complexity index is 605. The first kappa shape index (κ1) is 18.1. The van der Waals surface area contributed by atoms with Gasteiger partial charge in [-0.3, -0.25) is 9.59 Å². The summed E-state index contributed by atoms with van der Waals surface area (Å²) in [6, 6.07) is 4.92. The molecule has 1 heterocycles. The van der Waals surface area contributed by atoms with E-state index in [9.17, 15) is 9.59 Å². The zero-order valence-electron chi connectivity index (χ0n) is 14.5. The van der Waals surface area contributed by atoms with Crippen molar-refractivity contribution in [2.75, 3.05) is 40.3 Å². The number of hydrogen-bond donors (Lipinski definition) is 1. The summed E-state index contributed by atoms with van der Waals surface area (Å²) in [5, 5.41) is 2.89. The second-order valence-electron chi connectivity index (χ2n) is 5.73. The summed E-state index contributed by atoms with van der Waals surface area (Å²) < 4.78 is 15.7. The van der Waals surface area contributed by atoms with Crippen molar-refractivity contribution < 1.29 is 23.8 Å². The number of nitrogens with one attached hydrogen (secondary N) is 1. The summed E-state index contributed by atoms with van der Waals surface area (Å²) in [4.78, 5) is 26.3. The second-order valence-corrected chi connectivity index (χ2v) is 5.73. The molecule has 132 valence electrons. The molecule has 0 spiro atoms. The highest BCUT2D eigenvalue weighted by Crippen LogP contribution is 2.31. The molecular formula is C17H24N2O5. The Morgan fingerprint density at radius 1 is 1.29 bits per heavy atom. The Balaban J connectivity index is 2.20. The molecule has 1 aromatic rings. The minimum Gasteiger partial charge on any atom is -0.497 e. The van der Waals surface area contributed by atoms with Crippen molar-refractivity contribution in [1.29, 1.82) is 0 Å². The summed E-state index contributed by atoms with van der Waals surface area (Å²) in [5.41, 5.74) is 0.539. The van der Waals surface area contributed by atoms with Crippen LogP contribution in [0.2, 0.25) is 0 Å². The van der Waals surface area contributed by atoms with Gasteiger partial charge in [-0.05, 0) is 18.6 Å². The second kappa shape index (κ2) is 8.01. The van der Waals surface area contributed by atoms with Gasteiger partial charge in [0.1, 0.15) is 11.5 Å². The molecule has 7 nitrogen and oxygen atoms in total. The number of nitrogens with zero attached hydrogens (tertiary/aromatic N) is 1. The van der Waals surface area contributed by atoms with Crippen molar-refractivity contribution in [3.05, 3.63) is 18.2 Å². The number of likely N-dealkylation sites (tertiary alicyclic amines) is 1. The van der Waals surface area contributed by atoms with E-state index in [0.29, 0.717) is 36.6 Å². The van der Waals surface area contributed by atoms with Crippen LogP contribution in [-0.4, -0.2) is 57.7 Å². The predicted octanol–water partition coefficient (Wildman–Crippen LogP) is 1.53. The number of carbonyl (C=O) groups excluding carboxylic acids is 2. The lowest BCUT2D eigenvalue weighted by Crippen LogP contribution is -2.52. The molecular weight excluding hydrogens is 312 g/mol. The van der Waals surface area contributed by atoms with E-state index in [2.05, 4.69) is 5.32 Å². The minimum absolute atomic E-state index is 0.0278. The van der Waals surface area contributed by atoms with E-state index in [0.717, 1.165) is 0 Å². The van der Waals surface area contributed by atoms with Gasteiger partial charge >= 0.3 is 0 Å². The van der Waals surface area contributed by atoms with Gasteiger partial charge in [0, 0.05) is 26.6 Å². The van der Waals surface area contributed by atoms with Crippen molar-refractivity contribution in [3.63, 3.8) is 0 Å². The maximum atomic E-state index is 12.8. The first-order valence-electron chi connectivity index (χ1n) is 7.79. The number of anilines is 1. The monoisotopic (exact) mass is 336 g/mol. The van der Waals surface area contributed by atoms with Crippen LogP contribution in [0.25, 0.3) is 0 Å². The third-order valence-electron chi connectivity index (χ3n) is 4.36. The number of amides is 2. The van der Waals surface area contributed by atoms with Crippen LogP contribution in [0.3, 0.4) is 0 Å². The zero-order chi connectivity index (χ0) is 17.7. The first-order valence-corrected chi connectivity index (χ1v) is 7.79. The molecule has 0 unspecified atom stereocenters. The highest BCUT2D eigenvalue weighted by atomic mass is 16.5. The third kappa shape index (κ3) is 3.79. The molecule has 0 radical (unpaired) electrons. The fraction of sp³-hybridized carbons (Fsp3) is 0.529. The number of benzene rings is 1. The number of piperidine rings is 1. The van der Waals surface area contributed by atoms with Crippen LogP contribution < -0.4 is 14.8 Å². The molecule has 1 aromatic carbocycles. The van der Waals surface area contributed by atoms with Crippen molar-refractivity contribution >= 4 is 17.5 Å². The van der Waals surface area contributed by atoms with Gasteiger partial charge in [0.25, 0.3) is 0 Å². The van der Waals surface area contributed by atoms with Crippen LogP contribution in [0.5, 0.6) is 11.5 Å². The van der Waals surface area contributed by atoms with Gasteiger partial charge in [-0.15, -0.1) is 0 Å². The van der Waals surface area contributed by atoms with E-state index in [4.69, 9.17) is 14.2 Å². The molecule has 24 heavy (non-hydrogen) atoms. The van der Waals surface area contributed by atoms with Crippen molar-refractivity contribution in [1.82, 2.24) is 4.90 Å². The summed E-state index contributed by atoms with van der Waals surface area (Å²) >= 11 is 0. The lowest BCUT2D eigenvalue weighted by Gasteiger charge is -2.37. The van der Waals surface area contributed by atoms with Gasteiger partial charge in [0.15, 0.2) is 0 Å². The van der Waals surface area contributed by atoms with Crippen LogP contribution in [0.15, 0.2) is 18.2 Å². The van der Waals surface area contributed by atoms with Crippen molar-refractivity contribution in [2.45, 2.75) is 18.9 Å². The first-order chi connectivity index (χ1) is 11.5. The molecule has 1 aliphatic rings. The van der Waals surface area contributed by atoms with Crippen molar-refractivity contribution in [2.24, 2.45) is 5.92 Å². The lowest BCUT2D eigenvalue weighted by molar-refractivity contribution is -0.141. The van der Waals surface area contributed by atoms with Crippen LogP contribution in [0.4, 0.5) is 5.69 Å². The number of rotatable bonds is 6. The Labute approximate surface area is 141 Å². The maximum Gasteiger partial charge on any atom is 0.229 e. The average Bonchev–Trinajstić information content (AvgIpc) is 2.59. The number of carbonyl (C=O) groups is 2. The van der Waals surface area contributed by atoms with Gasteiger partial charge in [-0.25, -0.2) is 0 Å². The van der Waals surface area contributed by atoms with E-state index in [-0.39, 0.29) is 23.8 Å². The molecule has 2 atom stereocenters. The smallest absolute Gasteiger partial charge is 0.229 e. The maximum absolute atomic E-state index is 12.8. The van der Waals surface area contributed by atoms with E-state index in [1.807, 2.05) is 0 Å². The summed E-state index contributed by atoms with van der Waals surface area (Å²) in [5.74, 6) is 0.690. The summed E-state index contributed by atoms with van der Waals surface area (Å²) in [6.45, 7) is 0.315. The third-order valence-corrected chi connectivity index (χ3v) is 4.36. The lowest BCUT2D eigenvalue weighted by atomic mass is 9.88. The van der Waals surface area contributed by atoms with E-state index < -0.39 is 0 Å². The van der Waals surface area contributed by atoms with Crippen LogP contribution in [-0.2, 0) is 14.3 Å². The predicted molar refractivity (Wildman–Crippen MR) is 89.3 cm³/mol. The largest absolute Gasteiger partial charge is 0.497 e. The molecule has 2 rings (SSSR count). The SMILES string of the molecule is COC[C@@H]1[C@H](C(=O)Nc2cc(OC)ccc2OC)CCC(=O)N1C. The number of methoxy groups -OCH3 is 3. The molecule has 0 aromatic heterocycles. The molecule has 1 fully saturated rings. The Hall–Kier alpha value is -2.28. The van der Waals surface area contributed by atoms with E-state index >= 15 is 0 Å². The minimum atomic E-state index is -0.344. The molecule has 1 N–H and O–H groups in total. The molecule has 7 heteroatoms.